The molecule has 4 heteroatoms. The van der Waals surface area contributed by atoms with Gasteiger partial charge in [0.2, 0.25) is 0 Å². The van der Waals surface area contributed by atoms with Crippen molar-refractivity contribution in [3.63, 3.8) is 0 Å². The molecule has 0 saturated carbocycles. The third kappa shape index (κ3) is 2.64. The van der Waals surface area contributed by atoms with Crippen molar-refractivity contribution >= 4 is 0 Å². The average molecular weight is 242 g/mol. The molecule has 0 spiro atoms. The molecule has 0 radical (unpaired) electrons. The van der Waals surface area contributed by atoms with Gasteiger partial charge in [-0.05, 0) is 30.7 Å². The molecule has 0 aliphatic rings. The number of nitriles is 1. The minimum Gasteiger partial charge on any atom is -0.487 e. The van der Waals surface area contributed by atoms with Crippen molar-refractivity contribution in [2.75, 3.05) is 0 Å². The van der Waals surface area contributed by atoms with Gasteiger partial charge >= 0.3 is 0 Å². The molecule has 0 bridgehead atoms. The van der Waals surface area contributed by atoms with Crippen molar-refractivity contribution < 1.29 is 9.13 Å². The van der Waals surface area contributed by atoms with Crippen molar-refractivity contribution in [1.82, 2.24) is 4.98 Å². The summed E-state index contributed by atoms with van der Waals surface area (Å²) < 4.78 is 18.8. The summed E-state index contributed by atoms with van der Waals surface area (Å²) in [5, 5.41) is 8.61. The molecule has 0 fully saturated rings. The lowest BCUT2D eigenvalue weighted by Gasteiger charge is -2.07. The van der Waals surface area contributed by atoms with Gasteiger partial charge in [0.15, 0.2) is 0 Å². The number of pyridine rings is 1. The molecule has 0 amide bonds. The first-order chi connectivity index (χ1) is 8.70. The lowest BCUT2D eigenvalue weighted by molar-refractivity contribution is 0.299. The van der Waals surface area contributed by atoms with Gasteiger partial charge in [-0.15, -0.1) is 0 Å². The van der Waals surface area contributed by atoms with Gasteiger partial charge in [0.05, 0.1) is 11.3 Å². The minimum absolute atomic E-state index is 0.0105. The SMILES string of the molecule is Cc1cccnc1COc1ccc(C#N)c(F)c1. The van der Waals surface area contributed by atoms with E-state index in [-0.39, 0.29) is 12.2 Å². The van der Waals surface area contributed by atoms with Crippen LogP contribution in [0.2, 0.25) is 0 Å². The Balaban J connectivity index is 2.10. The summed E-state index contributed by atoms with van der Waals surface area (Å²) in [4.78, 5) is 4.18. The Morgan fingerprint density at radius 2 is 2.22 bits per heavy atom. The van der Waals surface area contributed by atoms with Gasteiger partial charge in [0, 0.05) is 12.3 Å². The van der Waals surface area contributed by atoms with E-state index in [1.54, 1.807) is 18.3 Å². The Morgan fingerprint density at radius 3 is 2.89 bits per heavy atom. The zero-order valence-corrected chi connectivity index (χ0v) is 9.85. The van der Waals surface area contributed by atoms with E-state index < -0.39 is 5.82 Å². The highest BCUT2D eigenvalue weighted by Gasteiger charge is 2.05. The first-order valence-corrected chi connectivity index (χ1v) is 5.43. The fraction of sp³-hybridized carbons (Fsp3) is 0.143. The van der Waals surface area contributed by atoms with Crippen molar-refractivity contribution in [3.8, 4) is 11.8 Å². The highest BCUT2D eigenvalue weighted by Crippen LogP contribution is 2.17. The molecule has 1 heterocycles. The largest absolute Gasteiger partial charge is 0.487 e. The molecule has 1 aromatic heterocycles. The van der Waals surface area contributed by atoms with Crippen LogP contribution in [0.15, 0.2) is 36.5 Å². The van der Waals surface area contributed by atoms with Gasteiger partial charge in [-0.3, -0.25) is 4.98 Å². The molecule has 0 N–H and O–H groups in total. The number of halogens is 1. The zero-order chi connectivity index (χ0) is 13.0. The van der Waals surface area contributed by atoms with Gasteiger partial charge < -0.3 is 4.74 Å². The Morgan fingerprint density at radius 1 is 1.39 bits per heavy atom. The summed E-state index contributed by atoms with van der Waals surface area (Å²) in [5.74, 6) is -0.190. The Bertz CT molecular complexity index is 605. The van der Waals surface area contributed by atoms with Crippen LogP contribution in [-0.2, 0) is 6.61 Å². The van der Waals surface area contributed by atoms with E-state index in [1.807, 2.05) is 19.1 Å². The van der Waals surface area contributed by atoms with Crippen LogP contribution in [0.4, 0.5) is 4.39 Å². The first kappa shape index (κ1) is 12.1. The van der Waals surface area contributed by atoms with E-state index in [0.717, 1.165) is 11.3 Å². The number of hydrogen-bond acceptors (Lipinski definition) is 3. The van der Waals surface area contributed by atoms with Crippen molar-refractivity contribution in [1.29, 1.82) is 5.26 Å². The minimum atomic E-state index is -0.576. The maximum Gasteiger partial charge on any atom is 0.144 e. The van der Waals surface area contributed by atoms with E-state index in [9.17, 15) is 4.39 Å². The summed E-state index contributed by atoms with van der Waals surface area (Å²) in [6, 6.07) is 9.72. The molecule has 0 aliphatic heterocycles. The topological polar surface area (TPSA) is 45.9 Å². The van der Waals surface area contributed by atoms with Crippen LogP contribution in [0.25, 0.3) is 0 Å². The lowest BCUT2D eigenvalue weighted by Crippen LogP contribution is -2.00. The van der Waals surface area contributed by atoms with Crippen LogP contribution in [0, 0.1) is 24.1 Å². The van der Waals surface area contributed by atoms with Gasteiger partial charge in [0.25, 0.3) is 0 Å². The standard InChI is InChI=1S/C14H11FN2O/c1-10-3-2-6-17-14(10)9-18-12-5-4-11(8-16)13(15)7-12/h2-7H,9H2,1H3. The van der Waals surface area contributed by atoms with Crippen LogP contribution in [0.3, 0.4) is 0 Å². The van der Waals surface area contributed by atoms with Crippen LogP contribution < -0.4 is 4.74 Å². The molecular formula is C14H11FN2O. The molecule has 18 heavy (non-hydrogen) atoms. The third-order valence-corrected chi connectivity index (χ3v) is 2.55. The molecule has 0 saturated heterocycles. The number of ether oxygens (including phenoxy) is 1. The number of hydrogen-bond donors (Lipinski definition) is 0. The predicted octanol–water partition coefficient (Wildman–Crippen LogP) is 2.98. The summed E-state index contributed by atoms with van der Waals surface area (Å²) in [7, 11) is 0. The van der Waals surface area contributed by atoms with Crippen LogP contribution in [-0.4, -0.2) is 4.98 Å². The number of aromatic nitrogens is 1. The molecule has 2 rings (SSSR count). The number of benzene rings is 1. The van der Waals surface area contributed by atoms with Crippen LogP contribution in [0.1, 0.15) is 16.8 Å². The van der Waals surface area contributed by atoms with Crippen LogP contribution >= 0.6 is 0 Å². The monoisotopic (exact) mass is 242 g/mol. The van der Waals surface area contributed by atoms with Crippen molar-refractivity contribution in [3.05, 3.63) is 59.2 Å². The third-order valence-electron chi connectivity index (χ3n) is 2.55. The maximum atomic E-state index is 13.3. The Labute approximate surface area is 104 Å². The first-order valence-electron chi connectivity index (χ1n) is 5.43. The van der Waals surface area contributed by atoms with Gasteiger partial charge in [-0.25, -0.2) is 4.39 Å². The second-order valence-corrected chi connectivity index (χ2v) is 3.81. The van der Waals surface area contributed by atoms with Crippen LogP contribution in [0.5, 0.6) is 5.75 Å². The average Bonchev–Trinajstić information content (AvgIpc) is 2.38. The molecule has 0 atom stereocenters. The fourth-order valence-electron chi connectivity index (χ4n) is 1.50. The molecule has 2 aromatic rings. The second-order valence-electron chi connectivity index (χ2n) is 3.81. The molecule has 1 aromatic carbocycles. The summed E-state index contributed by atoms with van der Waals surface area (Å²) >= 11 is 0. The summed E-state index contributed by atoms with van der Waals surface area (Å²) in [5.41, 5.74) is 1.84. The number of nitrogens with zero attached hydrogens (tertiary/aromatic N) is 2. The quantitative estimate of drug-likeness (QED) is 0.831. The zero-order valence-electron chi connectivity index (χ0n) is 9.85. The summed E-state index contributed by atoms with van der Waals surface area (Å²) in [6.07, 6.45) is 1.69. The number of rotatable bonds is 3. The Kier molecular flexibility index (Phi) is 3.54. The van der Waals surface area contributed by atoms with E-state index in [4.69, 9.17) is 10.00 Å². The lowest BCUT2D eigenvalue weighted by atomic mass is 10.2. The Hall–Kier alpha value is -2.41. The predicted molar refractivity (Wildman–Crippen MR) is 64.4 cm³/mol. The molecule has 3 nitrogen and oxygen atoms in total. The van der Waals surface area contributed by atoms with Gasteiger partial charge in [0.1, 0.15) is 24.2 Å². The normalized spacial score (nSPS) is 9.83. The van der Waals surface area contributed by atoms with E-state index in [1.165, 1.54) is 12.1 Å². The molecular weight excluding hydrogens is 231 g/mol. The van der Waals surface area contributed by atoms with Gasteiger partial charge in [-0.2, -0.15) is 5.26 Å². The van der Waals surface area contributed by atoms with Gasteiger partial charge in [-0.1, -0.05) is 6.07 Å². The van der Waals surface area contributed by atoms with E-state index in [2.05, 4.69) is 4.98 Å². The second kappa shape index (κ2) is 5.28. The van der Waals surface area contributed by atoms with Crippen molar-refractivity contribution in [2.24, 2.45) is 0 Å². The summed E-state index contributed by atoms with van der Waals surface area (Å²) in [6.45, 7) is 2.21. The van der Waals surface area contributed by atoms with E-state index >= 15 is 0 Å². The van der Waals surface area contributed by atoms with E-state index in [0.29, 0.717) is 5.75 Å². The highest BCUT2D eigenvalue weighted by atomic mass is 19.1. The smallest absolute Gasteiger partial charge is 0.144 e. The molecule has 0 aliphatic carbocycles. The highest BCUT2D eigenvalue weighted by molar-refractivity contribution is 5.36. The fourth-order valence-corrected chi connectivity index (χ4v) is 1.50. The molecule has 90 valence electrons. The number of aryl methyl sites for hydroxylation is 1. The molecule has 0 unspecified atom stereocenters. The van der Waals surface area contributed by atoms with Crippen molar-refractivity contribution in [2.45, 2.75) is 13.5 Å². The maximum absolute atomic E-state index is 13.3.